The minimum absolute atomic E-state index is 0.286. The predicted octanol–water partition coefficient (Wildman–Crippen LogP) is 9.53. The van der Waals surface area contributed by atoms with Crippen molar-refractivity contribution in [2.75, 3.05) is 24.7 Å². The summed E-state index contributed by atoms with van der Waals surface area (Å²) in [5.74, 6) is 1.04. The number of benzene rings is 2. The van der Waals surface area contributed by atoms with Crippen LogP contribution in [0.5, 0.6) is 11.5 Å². The maximum atomic E-state index is 10.2. The number of rotatable bonds is 17. The third kappa shape index (κ3) is 7.39. The smallest absolute Gasteiger partial charge is 0.163 e. The van der Waals surface area contributed by atoms with Crippen LogP contribution in [0.25, 0.3) is 0 Å². The van der Waals surface area contributed by atoms with Gasteiger partial charge in [0.2, 0.25) is 0 Å². The Bertz CT molecular complexity index is 1120. The van der Waals surface area contributed by atoms with Crippen LogP contribution in [0.15, 0.2) is 34.1 Å². The van der Waals surface area contributed by atoms with Crippen LogP contribution in [-0.2, 0) is 0 Å². The Morgan fingerprint density at radius 2 is 1.24 bits per heavy atom. The molecule has 5 nitrogen and oxygen atoms in total. The van der Waals surface area contributed by atoms with Crippen molar-refractivity contribution < 1.29 is 9.47 Å². The Labute approximate surface area is 234 Å². The van der Waals surface area contributed by atoms with E-state index in [0.29, 0.717) is 31.3 Å². The quantitative estimate of drug-likeness (QED) is 0.189. The summed E-state index contributed by atoms with van der Waals surface area (Å²) in [5.41, 5.74) is 2.52. The van der Waals surface area contributed by atoms with Gasteiger partial charge in [0.1, 0.15) is 29.0 Å². The van der Waals surface area contributed by atoms with Crippen molar-refractivity contribution in [3.8, 4) is 23.6 Å². The van der Waals surface area contributed by atoms with E-state index in [9.17, 15) is 10.5 Å². The van der Waals surface area contributed by atoms with Gasteiger partial charge in [-0.05, 0) is 31.9 Å². The fourth-order valence-electron chi connectivity index (χ4n) is 4.94. The van der Waals surface area contributed by atoms with Gasteiger partial charge >= 0.3 is 0 Å². The molecule has 2 aromatic carbocycles. The molecular weight excluding hydrogens is 490 g/mol. The number of hydrogen-bond acceptors (Lipinski definition) is 6. The van der Waals surface area contributed by atoms with Crippen molar-refractivity contribution in [2.24, 2.45) is 0 Å². The molecule has 0 atom stereocenters. The molecular formula is C32H43N3O2S. The maximum Gasteiger partial charge on any atom is 0.163 e. The molecule has 0 radical (unpaired) electrons. The lowest BCUT2D eigenvalue weighted by molar-refractivity contribution is 0.289. The highest BCUT2D eigenvalue weighted by molar-refractivity contribution is 7.99. The van der Waals surface area contributed by atoms with Crippen LogP contribution >= 0.6 is 11.8 Å². The van der Waals surface area contributed by atoms with Gasteiger partial charge in [-0.1, -0.05) is 102 Å². The normalized spacial score (nSPS) is 11.9. The summed E-state index contributed by atoms with van der Waals surface area (Å²) in [6, 6.07) is 12.9. The molecule has 0 spiro atoms. The van der Waals surface area contributed by atoms with Crippen molar-refractivity contribution in [1.29, 1.82) is 10.5 Å². The van der Waals surface area contributed by atoms with Crippen LogP contribution in [0.2, 0.25) is 0 Å². The summed E-state index contributed by atoms with van der Waals surface area (Å²) < 4.78 is 12.7. The molecule has 38 heavy (non-hydrogen) atoms. The molecule has 2 aromatic rings. The van der Waals surface area contributed by atoms with Crippen molar-refractivity contribution in [2.45, 2.75) is 108 Å². The van der Waals surface area contributed by atoms with Crippen molar-refractivity contribution in [1.82, 2.24) is 0 Å². The van der Waals surface area contributed by atoms with Crippen LogP contribution in [-0.4, -0.2) is 19.8 Å². The number of para-hydroxylation sites is 1. The molecule has 0 bridgehead atoms. The number of ether oxygens (including phenoxy) is 2. The molecule has 3 rings (SSSR count). The number of unbranched alkanes of at least 4 members (excludes halogenated alkanes) is 10. The zero-order valence-electron chi connectivity index (χ0n) is 23.5. The summed E-state index contributed by atoms with van der Waals surface area (Å²) in [7, 11) is 0. The lowest BCUT2D eigenvalue weighted by Gasteiger charge is -2.35. The fraction of sp³-hybridized carbons (Fsp3) is 0.562. The van der Waals surface area contributed by atoms with E-state index in [4.69, 9.17) is 9.47 Å². The number of nitriles is 2. The largest absolute Gasteiger partial charge is 0.491 e. The summed E-state index contributed by atoms with van der Waals surface area (Å²) in [6.45, 7) is 8.32. The lowest BCUT2D eigenvalue weighted by atomic mass is 10.0. The molecule has 1 heterocycles. The zero-order valence-corrected chi connectivity index (χ0v) is 24.3. The van der Waals surface area contributed by atoms with E-state index in [0.717, 1.165) is 46.8 Å². The first-order valence-electron chi connectivity index (χ1n) is 14.6. The third-order valence-electron chi connectivity index (χ3n) is 7.01. The number of nitrogens with zero attached hydrogens (tertiary/aromatic N) is 3. The van der Waals surface area contributed by atoms with E-state index in [1.165, 1.54) is 51.4 Å². The van der Waals surface area contributed by atoms with Crippen LogP contribution in [0, 0.1) is 22.7 Å². The standard InChI is InChI=1S/C32H43N3O2S/c1-4-7-9-11-13-17-21-36-30-25(23-33)26(24-34)31(37-22-18-14-12-10-8-5-2)32-29(30)35(6-3)27-19-15-16-20-28(27)38-32/h15-16,19-20H,4-14,17-18,21-22H2,1-3H3. The first-order valence-corrected chi connectivity index (χ1v) is 15.4. The molecule has 0 N–H and O–H groups in total. The number of fused-ring (bicyclic) bond motifs is 2. The molecule has 0 fully saturated rings. The number of anilines is 2. The van der Waals surface area contributed by atoms with Crippen LogP contribution in [0.1, 0.15) is 109 Å². The maximum absolute atomic E-state index is 10.2. The molecule has 0 saturated carbocycles. The molecule has 1 aliphatic heterocycles. The van der Waals surface area contributed by atoms with Crippen molar-refractivity contribution in [3.63, 3.8) is 0 Å². The average molecular weight is 534 g/mol. The van der Waals surface area contributed by atoms with Gasteiger partial charge in [-0.2, -0.15) is 10.5 Å². The fourth-order valence-corrected chi connectivity index (χ4v) is 6.14. The van der Waals surface area contributed by atoms with Crippen molar-refractivity contribution in [3.05, 3.63) is 35.4 Å². The number of hydrogen-bond donors (Lipinski definition) is 0. The minimum Gasteiger partial charge on any atom is -0.491 e. The molecule has 0 amide bonds. The third-order valence-corrected chi connectivity index (χ3v) is 8.15. The Morgan fingerprint density at radius 1 is 0.711 bits per heavy atom. The monoisotopic (exact) mass is 533 g/mol. The van der Waals surface area contributed by atoms with Gasteiger partial charge in [0.25, 0.3) is 0 Å². The molecule has 6 heteroatoms. The average Bonchev–Trinajstić information content (AvgIpc) is 2.95. The predicted molar refractivity (Wildman–Crippen MR) is 157 cm³/mol. The van der Waals surface area contributed by atoms with Crippen LogP contribution < -0.4 is 14.4 Å². The first-order chi connectivity index (χ1) is 18.7. The zero-order chi connectivity index (χ0) is 27.2. The van der Waals surface area contributed by atoms with Gasteiger partial charge in [-0.25, -0.2) is 0 Å². The molecule has 0 aromatic heterocycles. The molecule has 0 saturated heterocycles. The van der Waals surface area contributed by atoms with Crippen LogP contribution in [0.4, 0.5) is 11.4 Å². The topological polar surface area (TPSA) is 69.3 Å². The van der Waals surface area contributed by atoms with E-state index in [2.05, 4.69) is 49.9 Å². The highest BCUT2D eigenvalue weighted by Gasteiger charge is 2.34. The van der Waals surface area contributed by atoms with Gasteiger partial charge in [-0.15, -0.1) is 0 Å². The van der Waals surface area contributed by atoms with Gasteiger partial charge in [0.05, 0.1) is 23.8 Å². The molecule has 204 valence electrons. The SMILES string of the molecule is CCCCCCCCOc1c(C#N)c(C#N)c(OCCCCCCCC)c2c1Sc1ccccc1N2CC. The first kappa shape index (κ1) is 29.7. The summed E-state index contributed by atoms with van der Waals surface area (Å²) in [5, 5.41) is 20.4. The second-order valence-corrected chi connectivity index (χ2v) is 10.9. The van der Waals surface area contributed by atoms with E-state index < -0.39 is 0 Å². The van der Waals surface area contributed by atoms with Crippen LogP contribution in [0.3, 0.4) is 0 Å². The molecule has 0 aliphatic carbocycles. The van der Waals surface area contributed by atoms with Gasteiger partial charge in [-0.3, -0.25) is 0 Å². The second kappa shape index (κ2) is 16.2. The molecule has 0 unspecified atom stereocenters. The molecule has 1 aliphatic rings. The second-order valence-electron chi connectivity index (χ2n) is 9.86. The highest BCUT2D eigenvalue weighted by atomic mass is 32.2. The van der Waals surface area contributed by atoms with E-state index >= 15 is 0 Å². The lowest BCUT2D eigenvalue weighted by Crippen LogP contribution is -2.23. The Hall–Kier alpha value is -2.83. The van der Waals surface area contributed by atoms with Gasteiger partial charge in [0, 0.05) is 11.4 Å². The Morgan fingerprint density at radius 3 is 1.82 bits per heavy atom. The minimum atomic E-state index is 0.286. The summed E-state index contributed by atoms with van der Waals surface area (Å²) in [6.07, 6.45) is 13.9. The highest BCUT2D eigenvalue weighted by Crippen LogP contribution is 2.57. The van der Waals surface area contributed by atoms with Crippen molar-refractivity contribution >= 4 is 23.1 Å². The Balaban J connectivity index is 1.93. The summed E-state index contributed by atoms with van der Waals surface area (Å²) in [4.78, 5) is 4.20. The van der Waals surface area contributed by atoms with E-state index in [1.54, 1.807) is 11.8 Å². The van der Waals surface area contributed by atoms with Gasteiger partial charge in [0.15, 0.2) is 11.5 Å². The van der Waals surface area contributed by atoms with E-state index in [-0.39, 0.29) is 11.1 Å². The van der Waals surface area contributed by atoms with E-state index in [1.807, 2.05) is 12.1 Å². The Kier molecular flexibility index (Phi) is 12.7. The summed E-state index contributed by atoms with van der Waals surface area (Å²) >= 11 is 1.61. The van der Waals surface area contributed by atoms with Gasteiger partial charge < -0.3 is 14.4 Å².